The van der Waals surface area contributed by atoms with E-state index in [1.54, 1.807) is 0 Å². The minimum atomic E-state index is -1.41. The molecule has 0 aromatic heterocycles. The molecule has 1 N–H and O–H groups in total. The molecule has 0 spiro atoms. The first-order valence-electron chi connectivity index (χ1n) is 1.39. The summed E-state index contributed by atoms with van der Waals surface area (Å²) in [5, 5.41) is 0. The largest absolute Gasteiger partial charge is 0.271 e. The summed E-state index contributed by atoms with van der Waals surface area (Å²) in [6.07, 6.45) is 0. The van der Waals surface area contributed by atoms with Gasteiger partial charge in [0.25, 0.3) is 11.3 Å². The third-order valence-corrected chi connectivity index (χ3v) is 0.965. The lowest BCUT2D eigenvalue weighted by molar-refractivity contribution is 0.256. The summed E-state index contributed by atoms with van der Waals surface area (Å²) in [6, 6.07) is 0. The van der Waals surface area contributed by atoms with E-state index in [9.17, 15) is 4.21 Å². The standard InChI is InChI=1S/CH3N2O2S/c4-6-3-1-2-5-6/h2H,1H2. The lowest BCUT2D eigenvalue weighted by atomic mass is 11.3. The molecule has 1 atom stereocenters. The van der Waals surface area contributed by atoms with Crippen molar-refractivity contribution in [1.82, 2.24) is 10.2 Å². The van der Waals surface area contributed by atoms with Gasteiger partial charge in [-0.05, 0) is 0 Å². The van der Waals surface area contributed by atoms with Crippen LogP contribution in [0.15, 0.2) is 0 Å². The van der Waals surface area contributed by atoms with Crippen LogP contribution in [0, 0.1) is 0 Å². The van der Waals surface area contributed by atoms with Crippen molar-refractivity contribution in [3.05, 3.63) is 0 Å². The van der Waals surface area contributed by atoms with Crippen LogP contribution in [0.4, 0.5) is 0 Å². The molecular weight excluding hydrogens is 104 g/mol. The number of rotatable bonds is 0. The zero-order chi connectivity index (χ0) is 4.41. The van der Waals surface area contributed by atoms with Crippen molar-refractivity contribution >= 4 is 11.3 Å². The fourth-order valence-corrected chi connectivity index (χ4v) is 0.547. The van der Waals surface area contributed by atoms with E-state index < -0.39 is 11.3 Å². The van der Waals surface area contributed by atoms with E-state index in [1.165, 1.54) is 0 Å². The van der Waals surface area contributed by atoms with Gasteiger partial charge in [0, 0.05) is 0 Å². The van der Waals surface area contributed by atoms with Crippen LogP contribution in [0.25, 0.3) is 0 Å². The molecule has 0 aliphatic carbocycles. The van der Waals surface area contributed by atoms with Gasteiger partial charge in [-0.15, -0.1) is 4.72 Å². The predicted octanol–water partition coefficient (Wildman–Crippen LogP) is -1.34. The molecule has 4 nitrogen and oxygen atoms in total. The number of nitrogens with one attached hydrogen (secondary N) is 1. The number of hydrogen-bond acceptors (Lipinski definition) is 3. The van der Waals surface area contributed by atoms with Gasteiger partial charge in [0.15, 0.2) is 0 Å². The first kappa shape index (κ1) is 4.20. The van der Waals surface area contributed by atoms with Crippen LogP contribution >= 0.6 is 0 Å². The maximum atomic E-state index is 9.90. The van der Waals surface area contributed by atoms with Crippen molar-refractivity contribution in [2.75, 3.05) is 6.67 Å². The molecule has 6 heavy (non-hydrogen) atoms. The van der Waals surface area contributed by atoms with E-state index in [0.29, 0.717) is 6.67 Å². The molecule has 35 valence electrons. The summed E-state index contributed by atoms with van der Waals surface area (Å²) in [5.41, 5.74) is 2.31. The van der Waals surface area contributed by atoms with Crippen LogP contribution < -0.4 is 10.2 Å². The Kier molecular flexibility index (Phi) is 1.16. The predicted molar refractivity (Wildman–Crippen MR) is 19.4 cm³/mol. The summed E-state index contributed by atoms with van der Waals surface area (Å²) < 4.78 is 17.5. The topological polar surface area (TPSA) is 52.4 Å². The van der Waals surface area contributed by atoms with Gasteiger partial charge in [-0.3, -0.25) is 0 Å². The third-order valence-electron chi connectivity index (χ3n) is 0.365. The Morgan fingerprint density at radius 2 is 2.83 bits per heavy atom. The average molecular weight is 107 g/mol. The van der Waals surface area contributed by atoms with Gasteiger partial charge in [0.1, 0.15) is 6.67 Å². The van der Waals surface area contributed by atoms with Crippen LogP contribution in [-0.4, -0.2) is 10.9 Å². The average Bonchev–Trinajstić information content (AvgIpc) is 1.86. The summed E-state index contributed by atoms with van der Waals surface area (Å²) in [5.74, 6) is 0. The molecule has 1 unspecified atom stereocenters. The molecule has 1 aliphatic rings. The van der Waals surface area contributed by atoms with Gasteiger partial charge >= 0.3 is 0 Å². The van der Waals surface area contributed by atoms with Crippen LogP contribution in [0.1, 0.15) is 0 Å². The van der Waals surface area contributed by atoms with E-state index in [2.05, 4.69) is 14.5 Å². The SMILES string of the molecule is O=S1[N]CNO1. The molecule has 0 saturated carbocycles. The molecule has 0 aromatic carbocycles. The van der Waals surface area contributed by atoms with Crippen LogP contribution in [0.3, 0.4) is 0 Å². The first-order chi connectivity index (χ1) is 2.89. The highest BCUT2D eigenvalue weighted by Gasteiger charge is 2.06. The highest BCUT2D eigenvalue weighted by atomic mass is 32.2. The summed E-state index contributed by atoms with van der Waals surface area (Å²) in [6.45, 7) is 0.340. The lowest BCUT2D eigenvalue weighted by Gasteiger charge is -1.75. The van der Waals surface area contributed by atoms with E-state index in [1.807, 2.05) is 0 Å². The minimum absolute atomic E-state index is 0.340. The maximum Gasteiger partial charge on any atom is 0.271 e. The molecule has 1 aliphatic heterocycles. The first-order valence-corrected chi connectivity index (χ1v) is 2.42. The van der Waals surface area contributed by atoms with Gasteiger partial charge in [-0.25, -0.2) is 4.21 Å². The normalized spacial score (nSPS) is 34.3. The van der Waals surface area contributed by atoms with Crippen molar-refractivity contribution in [2.24, 2.45) is 0 Å². The summed E-state index contributed by atoms with van der Waals surface area (Å²) in [4.78, 5) is 0. The number of nitrogens with zero attached hydrogens (tertiary/aromatic N) is 1. The van der Waals surface area contributed by atoms with Crippen molar-refractivity contribution in [3.8, 4) is 0 Å². The van der Waals surface area contributed by atoms with Gasteiger partial charge in [0.2, 0.25) is 0 Å². The molecule has 5 heteroatoms. The Bertz CT molecular complexity index is 65.9. The highest BCUT2D eigenvalue weighted by Crippen LogP contribution is 1.81. The quantitative estimate of drug-likeness (QED) is 0.417. The molecule has 0 bridgehead atoms. The van der Waals surface area contributed by atoms with Crippen LogP contribution in [0.5, 0.6) is 0 Å². The maximum absolute atomic E-state index is 9.90. The molecule has 1 radical (unpaired) electrons. The Morgan fingerprint density at radius 3 is 3.00 bits per heavy atom. The molecule has 1 heterocycles. The third kappa shape index (κ3) is 0.749. The second-order valence-corrected chi connectivity index (χ2v) is 1.59. The van der Waals surface area contributed by atoms with Crippen molar-refractivity contribution in [3.63, 3.8) is 0 Å². The fraction of sp³-hybridized carbons (Fsp3) is 1.00. The van der Waals surface area contributed by atoms with Gasteiger partial charge < -0.3 is 0 Å². The van der Waals surface area contributed by atoms with E-state index in [-0.39, 0.29) is 0 Å². The monoisotopic (exact) mass is 107 g/mol. The van der Waals surface area contributed by atoms with Crippen LogP contribution in [0.2, 0.25) is 0 Å². The van der Waals surface area contributed by atoms with E-state index >= 15 is 0 Å². The number of hydrogen-bond donors (Lipinski definition) is 1. The second-order valence-electron chi connectivity index (χ2n) is 0.732. The smallest absolute Gasteiger partial charge is 0.208 e. The van der Waals surface area contributed by atoms with Gasteiger partial charge in [-0.1, -0.05) is 0 Å². The Morgan fingerprint density at radius 1 is 2.00 bits per heavy atom. The zero-order valence-corrected chi connectivity index (χ0v) is 3.70. The van der Waals surface area contributed by atoms with Gasteiger partial charge in [0.05, 0.1) is 0 Å². The summed E-state index contributed by atoms with van der Waals surface area (Å²) >= 11 is -1.41. The van der Waals surface area contributed by atoms with Crippen molar-refractivity contribution in [2.45, 2.75) is 0 Å². The highest BCUT2D eigenvalue weighted by molar-refractivity contribution is 7.78. The molecule has 1 rings (SSSR count). The van der Waals surface area contributed by atoms with Gasteiger partial charge in [-0.2, -0.15) is 9.76 Å². The van der Waals surface area contributed by atoms with Crippen LogP contribution in [-0.2, 0) is 15.6 Å². The van der Waals surface area contributed by atoms with E-state index in [0.717, 1.165) is 0 Å². The molecule has 1 saturated heterocycles. The molecule has 0 aromatic rings. The Hall–Kier alpha value is 0.0300. The molecule has 0 amide bonds. The van der Waals surface area contributed by atoms with Crippen molar-refractivity contribution < 1.29 is 8.49 Å². The zero-order valence-electron chi connectivity index (χ0n) is 2.88. The minimum Gasteiger partial charge on any atom is -0.208 e. The number of hydroxylamine groups is 1. The fourth-order valence-electron chi connectivity index (χ4n) is 0.182. The molecular formula is CH3N2O2S. The lowest BCUT2D eigenvalue weighted by Crippen LogP contribution is -2.05. The Labute approximate surface area is 37.6 Å². The Balaban J connectivity index is 2.37. The second kappa shape index (κ2) is 1.65. The summed E-state index contributed by atoms with van der Waals surface area (Å²) in [7, 11) is 0. The van der Waals surface area contributed by atoms with Crippen molar-refractivity contribution in [1.29, 1.82) is 0 Å². The van der Waals surface area contributed by atoms with E-state index in [4.69, 9.17) is 0 Å². The molecule has 1 fully saturated rings.